The number of aryl methyl sites for hydroxylation is 1. The summed E-state index contributed by atoms with van der Waals surface area (Å²) >= 11 is 0. The van der Waals surface area contributed by atoms with Crippen molar-refractivity contribution in [2.75, 3.05) is 18.4 Å². The molecule has 1 aliphatic carbocycles. The van der Waals surface area contributed by atoms with Gasteiger partial charge in [-0.25, -0.2) is 4.99 Å². The maximum absolute atomic E-state index is 4.74. The van der Waals surface area contributed by atoms with Gasteiger partial charge in [-0.2, -0.15) is 0 Å². The average Bonchev–Trinajstić information content (AvgIpc) is 3.41. The molecule has 4 nitrogen and oxygen atoms in total. The standard InChI is InChI=1S/C27H36N4/c1-4-7-26-30-19-25(31-26)22-8-6-9-24(16-22)29-18-21-10-13-27(17-21,12-5-2)23-11-14-28-20(3)15-23/h6,8-9,11,14-16,21,29H,4-5,7,10,12-13,17-19H2,1-3H3. The predicted molar refractivity (Wildman–Crippen MR) is 132 cm³/mol. The zero-order valence-electron chi connectivity index (χ0n) is 19.3. The summed E-state index contributed by atoms with van der Waals surface area (Å²) in [6.45, 7) is 8.34. The van der Waals surface area contributed by atoms with Crippen molar-refractivity contribution in [3.63, 3.8) is 0 Å². The molecule has 0 spiro atoms. The molecule has 0 radical (unpaired) electrons. The van der Waals surface area contributed by atoms with Gasteiger partial charge in [0, 0.05) is 30.5 Å². The first-order valence-corrected chi connectivity index (χ1v) is 12.0. The molecule has 0 saturated heterocycles. The molecule has 1 aromatic carbocycles. The van der Waals surface area contributed by atoms with E-state index >= 15 is 0 Å². The van der Waals surface area contributed by atoms with Crippen LogP contribution >= 0.6 is 0 Å². The van der Waals surface area contributed by atoms with Gasteiger partial charge in [-0.05, 0) is 85.8 Å². The smallest absolute Gasteiger partial charge is 0.124 e. The van der Waals surface area contributed by atoms with Crippen LogP contribution in [0, 0.1) is 12.8 Å². The Morgan fingerprint density at radius 2 is 2.03 bits per heavy atom. The Hall–Kier alpha value is -2.49. The average molecular weight is 417 g/mol. The number of nitrogens with one attached hydrogen (secondary N) is 1. The van der Waals surface area contributed by atoms with Crippen LogP contribution in [0.2, 0.25) is 0 Å². The second-order valence-electron chi connectivity index (χ2n) is 9.33. The van der Waals surface area contributed by atoms with Crippen molar-refractivity contribution in [1.29, 1.82) is 0 Å². The Morgan fingerprint density at radius 1 is 1.13 bits per heavy atom. The summed E-state index contributed by atoms with van der Waals surface area (Å²) < 4.78 is 0. The van der Waals surface area contributed by atoms with Crippen molar-refractivity contribution in [2.45, 2.75) is 71.1 Å². The van der Waals surface area contributed by atoms with Crippen LogP contribution in [-0.4, -0.2) is 29.6 Å². The summed E-state index contributed by atoms with van der Waals surface area (Å²) in [5, 5.41) is 3.72. The van der Waals surface area contributed by atoms with E-state index in [2.05, 4.69) is 72.5 Å². The van der Waals surface area contributed by atoms with Gasteiger partial charge in [0.15, 0.2) is 0 Å². The van der Waals surface area contributed by atoms with Crippen molar-refractivity contribution < 1.29 is 0 Å². The minimum Gasteiger partial charge on any atom is -0.385 e. The van der Waals surface area contributed by atoms with Crippen molar-refractivity contribution in [3.05, 3.63) is 59.4 Å². The van der Waals surface area contributed by atoms with Gasteiger partial charge in [0.2, 0.25) is 0 Å². The lowest BCUT2D eigenvalue weighted by Crippen LogP contribution is -2.24. The number of aliphatic imine (C=N–C) groups is 2. The zero-order valence-corrected chi connectivity index (χ0v) is 19.3. The summed E-state index contributed by atoms with van der Waals surface area (Å²) in [7, 11) is 0. The highest BCUT2D eigenvalue weighted by Gasteiger charge is 2.39. The van der Waals surface area contributed by atoms with E-state index in [4.69, 9.17) is 4.99 Å². The van der Waals surface area contributed by atoms with Gasteiger partial charge in [0.25, 0.3) is 0 Å². The number of nitrogens with zero attached hydrogens (tertiary/aromatic N) is 3. The van der Waals surface area contributed by atoms with Gasteiger partial charge in [-0.1, -0.05) is 32.4 Å². The fourth-order valence-corrected chi connectivity index (χ4v) is 5.38. The summed E-state index contributed by atoms with van der Waals surface area (Å²) in [6, 6.07) is 13.3. The predicted octanol–water partition coefficient (Wildman–Crippen LogP) is 6.34. The Bertz CT molecular complexity index is 961. The Morgan fingerprint density at radius 3 is 2.84 bits per heavy atom. The van der Waals surface area contributed by atoms with E-state index in [-0.39, 0.29) is 0 Å². The summed E-state index contributed by atoms with van der Waals surface area (Å²) in [6.07, 6.45) is 10.4. The highest BCUT2D eigenvalue weighted by atomic mass is 15.0. The maximum Gasteiger partial charge on any atom is 0.124 e. The van der Waals surface area contributed by atoms with E-state index < -0.39 is 0 Å². The lowest BCUT2D eigenvalue weighted by atomic mass is 9.75. The molecule has 1 aromatic heterocycles. The van der Waals surface area contributed by atoms with Crippen molar-refractivity contribution >= 4 is 17.2 Å². The number of aromatic nitrogens is 1. The fraction of sp³-hybridized carbons (Fsp3) is 0.519. The third-order valence-corrected chi connectivity index (χ3v) is 6.89. The zero-order chi connectivity index (χ0) is 21.7. The molecule has 2 aromatic rings. The Balaban J connectivity index is 1.40. The second kappa shape index (κ2) is 9.76. The summed E-state index contributed by atoms with van der Waals surface area (Å²) in [5.74, 6) is 1.70. The summed E-state index contributed by atoms with van der Waals surface area (Å²) in [5.41, 5.74) is 6.43. The van der Waals surface area contributed by atoms with Gasteiger partial charge >= 0.3 is 0 Å². The third-order valence-electron chi connectivity index (χ3n) is 6.89. The van der Waals surface area contributed by atoms with Gasteiger partial charge < -0.3 is 5.32 Å². The third kappa shape index (κ3) is 5.06. The van der Waals surface area contributed by atoms with Crippen LogP contribution in [0.15, 0.2) is 52.6 Å². The number of rotatable bonds is 9. The van der Waals surface area contributed by atoms with Crippen LogP contribution in [0.5, 0.6) is 0 Å². The lowest BCUT2D eigenvalue weighted by molar-refractivity contribution is 0.383. The molecule has 31 heavy (non-hydrogen) atoms. The van der Waals surface area contributed by atoms with E-state index in [1.807, 2.05) is 6.20 Å². The molecule has 1 saturated carbocycles. The van der Waals surface area contributed by atoms with Gasteiger partial charge in [-0.3, -0.25) is 9.98 Å². The molecule has 1 aliphatic heterocycles. The maximum atomic E-state index is 4.74. The van der Waals surface area contributed by atoms with E-state index in [9.17, 15) is 0 Å². The van der Waals surface area contributed by atoms with E-state index in [0.29, 0.717) is 17.9 Å². The highest BCUT2D eigenvalue weighted by Crippen LogP contribution is 2.47. The molecule has 164 valence electrons. The van der Waals surface area contributed by atoms with Crippen LogP contribution in [-0.2, 0) is 5.41 Å². The normalized spacial score (nSPS) is 23.0. The lowest BCUT2D eigenvalue weighted by Gasteiger charge is -2.30. The molecule has 2 heterocycles. The first-order chi connectivity index (χ1) is 15.1. The minimum atomic E-state index is 0.322. The monoisotopic (exact) mass is 416 g/mol. The minimum absolute atomic E-state index is 0.322. The highest BCUT2D eigenvalue weighted by molar-refractivity contribution is 6.12. The molecule has 1 fully saturated rings. The number of hydrogen-bond donors (Lipinski definition) is 1. The van der Waals surface area contributed by atoms with Crippen molar-refractivity contribution in [2.24, 2.45) is 15.9 Å². The topological polar surface area (TPSA) is 49.6 Å². The molecule has 4 rings (SSSR count). The quantitative estimate of drug-likeness (QED) is 0.518. The first-order valence-electron chi connectivity index (χ1n) is 12.0. The van der Waals surface area contributed by atoms with Crippen molar-refractivity contribution in [3.8, 4) is 0 Å². The molecule has 2 unspecified atom stereocenters. The largest absolute Gasteiger partial charge is 0.385 e. The van der Waals surface area contributed by atoms with Gasteiger partial charge in [-0.15, -0.1) is 0 Å². The van der Waals surface area contributed by atoms with Crippen LogP contribution in [0.25, 0.3) is 0 Å². The number of pyridine rings is 1. The SMILES string of the molecule is CCCC1=NCC(c2cccc(NCC3CCC(CCC)(c4ccnc(C)c4)C3)c2)=N1. The van der Waals surface area contributed by atoms with Crippen LogP contribution < -0.4 is 5.32 Å². The molecular formula is C27H36N4. The first kappa shape index (κ1) is 21.7. The number of hydrogen-bond acceptors (Lipinski definition) is 4. The van der Waals surface area contributed by atoms with E-state index in [1.165, 1.54) is 48.9 Å². The molecule has 2 aliphatic rings. The molecule has 0 bridgehead atoms. The van der Waals surface area contributed by atoms with Crippen LogP contribution in [0.4, 0.5) is 5.69 Å². The Labute approximate surface area is 187 Å². The van der Waals surface area contributed by atoms with Crippen molar-refractivity contribution in [1.82, 2.24) is 4.98 Å². The summed E-state index contributed by atoms with van der Waals surface area (Å²) in [4.78, 5) is 13.7. The van der Waals surface area contributed by atoms with Gasteiger partial charge in [0.1, 0.15) is 5.84 Å². The number of amidine groups is 1. The molecule has 0 amide bonds. The van der Waals surface area contributed by atoms with E-state index in [0.717, 1.165) is 36.6 Å². The van der Waals surface area contributed by atoms with Gasteiger partial charge in [0.05, 0.1) is 12.3 Å². The molecule has 4 heteroatoms. The Kier molecular flexibility index (Phi) is 6.84. The van der Waals surface area contributed by atoms with E-state index in [1.54, 1.807) is 0 Å². The molecular weight excluding hydrogens is 380 g/mol. The second-order valence-corrected chi connectivity index (χ2v) is 9.33. The van der Waals surface area contributed by atoms with Crippen LogP contribution in [0.3, 0.4) is 0 Å². The number of benzene rings is 1. The molecule has 1 N–H and O–H groups in total. The number of anilines is 1. The molecule has 2 atom stereocenters. The van der Waals surface area contributed by atoms with Crippen LogP contribution in [0.1, 0.15) is 75.6 Å². The fourth-order valence-electron chi connectivity index (χ4n) is 5.38.